The van der Waals surface area contributed by atoms with E-state index in [1.54, 1.807) is 30.3 Å². The first-order valence-corrected chi connectivity index (χ1v) is 9.93. The monoisotopic (exact) mass is 415 g/mol. The number of nitrogens with zero attached hydrogens (tertiary/aromatic N) is 2. The van der Waals surface area contributed by atoms with Crippen molar-refractivity contribution in [3.63, 3.8) is 0 Å². The third kappa shape index (κ3) is 5.74. The molecule has 8 heteroatoms. The van der Waals surface area contributed by atoms with Gasteiger partial charge in [-0.2, -0.15) is 9.36 Å². The third-order valence-corrected chi connectivity index (χ3v) is 4.65. The normalized spacial score (nSPS) is 10.8. The third-order valence-electron chi connectivity index (χ3n) is 4.02. The number of benzene rings is 2. The molecular weight excluding hydrogens is 393 g/mol. The summed E-state index contributed by atoms with van der Waals surface area (Å²) >= 11 is 1.10. The summed E-state index contributed by atoms with van der Waals surface area (Å²) in [6, 6.07) is 11.2. The van der Waals surface area contributed by atoms with E-state index >= 15 is 0 Å². The molecule has 1 aromatic heterocycles. The minimum atomic E-state index is -0.284. The molecule has 0 radical (unpaired) electrons. The van der Waals surface area contributed by atoms with Gasteiger partial charge in [0.25, 0.3) is 11.1 Å². The lowest BCUT2D eigenvalue weighted by atomic mass is 10.1. The van der Waals surface area contributed by atoms with Gasteiger partial charge in [0, 0.05) is 30.1 Å². The molecule has 0 fully saturated rings. The van der Waals surface area contributed by atoms with E-state index in [0.29, 0.717) is 47.0 Å². The number of rotatable bonds is 8. The van der Waals surface area contributed by atoms with Gasteiger partial charge in [0.2, 0.25) is 0 Å². The molecule has 0 saturated heterocycles. The lowest BCUT2D eigenvalue weighted by Crippen LogP contribution is -2.27. The Balaban J connectivity index is 1.73. The molecule has 1 amide bonds. The van der Waals surface area contributed by atoms with E-state index in [4.69, 9.17) is 9.47 Å². The fraction of sp³-hybridized carbons (Fsp3) is 0.286. The average molecular weight is 415 g/mol. The van der Waals surface area contributed by atoms with Crippen LogP contribution in [0.15, 0.2) is 42.5 Å². The van der Waals surface area contributed by atoms with Crippen LogP contribution in [0.3, 0.4) is 0 Å². The first-order chi connectivity index (χ1) is 13.9. The van der Waals surface area contributed by atoms with E-state index in [2.05, 4.69) is 14.7 Å². The molecule has 6 nitrogen and oxygen atoms in total. The molecule has 0 spiro atoms. The summed E-state index contributed by atoms with van der Waals surface area (Å²) in [5, 5.41) is 3.21. The summed E-state index contributed by atoms with van der Waals surface area (Å²) in [4.78, 5) is 16.7. The quantitative estimate of drug-likeness (QED) is 0.588. The number of carbonyl (C=O) groups excluding carboxylic acids is 1. The standard InChI is InChI=1S/C21H22FN3O3S/c1-13(2)12-23-20(26)15-6-9-17(27-3)18(11-15)28-21-24-19(25-29-21)10-14-4-7-16(22)8-5-14/h4-9,11,13H,10,12H2,1-3H3,(H,23,26). The van der Waals surface area contributed by atoms with Crippen molar-refractivity contribution in [1.29, 1.82) is 0 Å². The van der Waals surface area contributed by atoms with Crippen LogP contribution in [0.25, 0.3) is 0 Å². The van der Waals surface area contributed by atoms with E-state index in [1.165, 1.54) is 19.2 Å². The fourth-order valence-corrected chi connectivity index (χ4v) is 3.09. The molecule has 0 saturated carbocycles. The van der Waals surface area contributed by atoms with Gasteiger partial charge in [-0.1, -0.05) is 26.0 Å². The Labute approximate surface area is 172 Å². The van der Waals surface area contributed by atoms with Gasteiger partial charge in [0.05, 0.1) is 7.11 Å². The predicted octanol–water partition coefficient (Wildman–Crippen LogP) is 4.45. The van der Waals surface area contributed by atoms with Crippen LogP contribution in [-0.4, -0.2) is 28.9 Å². The summed E-state index contributed by atoms with van der Waals surface area (Å²) in [6.07, 6.45) is 0.467. The molecule has 3 rings (SSSR count). The number of hydrogen-bond donors (Lipinski definition) is 1. The Morgan fingerprint density at radius 3 is 2.62 bits per heavy atom. The number of methoxy groups -OCH3 is 1. The van der Waals surface area contributed by atoms with Gasteiger partial charge >= 0.3 is 0 Å². The predicted molar refractivity (Wildman–Crippen MR) is 109 cm³/mol. The first-order valence-electron chi connectivity index (χ1n) is 9.15. The summed E-state index contributed by atoms with van der Waals surface area (Å²) in [5.41, 5.74) is 1.37. The summed E-state index contributed by atoms with van der Waals surface area (Å²) < 4.78 is 28.5. The zero-order valence-electron chi connectivity index (χ0n) is 16.4. The van der Waals surface area contributed by atoms with Crippen LogP contribution >= 0.6 is 11.5 Å². The molecule has 0 aliphatic rings. The van der Waals surface area contributed by atoms with Gasteiger partial charge in [0.1, 0.15) is 5.82 Å². The van der Waals surface area contributed by atoms with Crippen LogP contribution in [-0.2, 0) is 6.42 Å². The Bertz CT molecular complexity index is 974. The van der Waals surface area contributed by atoms with Crippen LogP contribution in [0.4, 0.5) is 4.39 Å². The van der Waals surface area contributed by atoms with Crippen molar-refractivity contribution < 1.29 is 18.7 Å². The number of aromatic nitrogens is 2. The van der Waals surface area contributed by atoms with Crippen molar-refractivity contribution in [2.75, 3.05) is 13.7 Å². The lowest BCUT2D eigenvalue weighted by Gasteiger charge is -2.11. The van der Waals surface area contributed by atoms with Crippen LogP contribution in [0.1, 0.15) is 35.6 Å². The molecule has 152 valence electrons. The van der Waals surface area contributed by atoms with Crippen molar-refractivity contribution in [1.82, 2.24) is 14.7 Å². The topological polar surface area (TPSA) is 73.3 Å². The SMILES string of the molecule is COc1ccc(C(=O)NCC(C)C)cc1Oc1nc(Cc2ccc(F)cc2)ns1. The molecule has 1 N–H and O–H groups in total. The van der Waals surface area contributed by atoms with Gasteiger partial charge in [-0.3, -0.25) is 4.79 Å². The molecule has 0 aliphatic heterocycles. The minimum Gasteiger partial charge on any atom is -0.493 e. The summed E-state index contributed by atoms with van der Waals surface area (Å²) in [5.74, 6) is 1.33. The number of carbonyl (C=O) groups is 1. The lowest BCUT2D eigenvalue weighted by molar-refractivity contribution is 0.0948. The van der Waals surface area contributed by atoms with Crippen molar-refractivity contribution in [2.45, 2.75) is 20.3 Å². The van der Waals surface area contributed by atoms with Crippen LogP contribution in [0.5, 0.6) is 16.7 Å². The Hall–Kier alpha value is -3.00. The van der Waals surface area contributed by atoms with Gasteiger partial charge in [-0.15, -0.1) is 0 Å². The van der Waals surface area contributed by atoms with Gasteiger partial charge in [0.15, 0.2) is 17.3 Å². The maximum Gasteiger partial charge on any atom is 0.298 e. The average Bonchev–Trinajstić information content (AvgIpc) is 3.14. The summed E-state index contributed by atoms with van der Waals surface area (Å²) in [6.45, 7) is 4.65. The maximum atomic E-state index is 13.0. The van der Waals surface area contributed by atoms with Crippen molar-refractivity contribution >= 4 is 17.4 Å². The molecule has 0 aliphatic carbocycles. The largest absolute Gasteiger partial charge is 0.493 e. The number of nitrogens with one attached hydrogen (secondary N) is 1. The first kappa shape index (κ1) is 20.7. The zero-order valence-corrected chi connectivity index (χ0v) is 17.3. The van der Waals surface area contributed by atoms with Gasteiger partial charge in [-0.05, 0) is 41.8 Å². The second kappa shape index (κ2) is 9.47. The minimum absolute atomic E-state index is 0.180. The van der Waals surface area contributed by atoms with Gasteiger partial charge in [-0.25, -0.2) is 4.39 Å². The van der Waals surface area contributed by atoms with E-state index < -0.39 is 0 Å². The van der Waals surface area contributed by atoms with Crippen molar-refractivity contribution in [3.05, 3.63) is 65.2 Å². The van der Waals surface area contributed by atoms with E-state index in [-0.39, 0.29) is 11.7 Å². The van der Waals surface area contributed by atoms with Crippen LogP contribution < -0.4 is 14.8 Å². The zero-order chi connectivity index (χ0) is 20.8. The Morgan fingerprint density at radius 2 is 1.93 bits per heavy atom. The molecule has 2 aromatic carbocycles. The molecule has 1 heterocycles. The number of amides is 1. The second-order valence-corrected chi connectivity index (χ2v) is 7.57. The smallest absolute Gasteiger partial charge is 0.298 e. The number of hydrogen-bond acceptors (Lipinski definition) is 6. The van der Waals surface area contributed by atoms with Crippen molar-refractivity contribution in [3.8, 4) is 16.7 Å². The van der Waals surface area contributed by atoms with E-state index in [0.717, 1.165) is 17.1 Å². The van der Waals surface area contributed by atoms with Gasteiger partial charge < -0.3 is 14.8 Å². The molecular formula is C21H22FN3O3S. The highest BCUT2D eigenvalue weighted by atomic mass is 32.1. The van der Waals surface area contributed by atoms with Crippen molar-refractivity contribution in [2.24, 2.45) is 5.92 Å². The van der Waals surface area contributed by atoms with E-state index in [1.807, 2.05) is 13.8 Å². The Kier molecular flexibility index (Phi) is 6.77. The van der Waals surface area contributed by atoms with Crippen LogP contribution in [0.2, 0.25) is 0 Å². The number of halogens is 1. The highest BCUT2D eigenvalue weighted by Gasteiger charge is 2.15. The molecule has 29 heavy (non-hydrogen) atoms. The molecule has 0 atom stereocenters. The van der Waals surface area contributed by atoms with Crippen LogP contribution in [0, 0.1) is 11.7 Å². The summed E-state index contributed by atoms with van der Waals surface area (Å²) in [7, 11) is 1.53. The second-order valence-electron chi connectivity index (χ2n) is 6.85. The number of ether oxygens (including phenoxy) is 2. The molecule has 3 aromatic rings. The molecule has 0 unspecified atom stereocenters. The Morgan fingerprint density at radius 1 is 1.17 bits per heavy atom. The fourth-order valence-electron chi connectivity index (χ4n) is 2.53. The van der Waals surface area contributed by atoms with E-state index in [9.17, 15) is 9.18 Å². The highest BCUT2D eigenvalue weighted by molar-refractivity contribution is 7.07. The highest BCUT2D eigenvalue weighted by Crippen LogP contribution is 2.33. The maximum absolute atomic E-state index is 13.0. The molecule has 0 bridgehead atoms.